The molecule has 0 aliphatic carbocycles. The van der Waals surface area contributed by atoms with Crippen molar-refractivity contribution in [3.8, 4) is 11.5 Å². The van der Waals surface area contributed by atoms with E-state index in [1.165, 1.54) is 25.4 Å². The number of hydrogen-bond acceptors (Lipinski definition) is 5. The van der Waals surface area contributed by atoms with Crippen molar-refractivity contribution in [3.05, 3.63) is 22.0 Å². The van der Waals surface area contributed by atoms with E-state index in [2.05, 4.69) is 15.9 Å². The van der Waals surface area contributed by atoms with E-state index in [1.807, 2.05) is 0 Å². The smallest absolute Gasteiger partial charge is 0.306 e. The molecule has 1 aromatic heterocycles. The van der Waals surface area contributed by atoms with Gasteiger partial charge in [-0.05, 0) is 6.07 Å². The topological polar surface area (TPSA) is 72.8 Å². The highest BCUT2D eigenvalue weighted by Gasteiger charge is 2.21. The Morgan fingerprint density at radius 3 is 2.71 bits per heavy atom. The van der Waals surface area contributed by atoms with Crippen LogP contribution in [0.25, 0.3) is 10.1 Å². The summed E-state index contributed by atoms with van der Waals surface area (Å²) in [6, 6.07) is 3.45. The Morgan fingerprint density at radius 2 is 2.12 bits per heavy atom. The molecule has 0 saturated carbocycles. The van der Waals surface area contributed by atoms with Crippen molar-refractivity contribution in [1.82, 2.24) is 0 Å². The molecular formula is C16H16BrClO5S. The first-order valence-electron chi connectivity index (χ1n) is 7.13. The number of carbonyl (C=O) groups is 2. The Bertz CT molecular complexity index is 773. The first kappa shape index (κ1) is 19.0. The predicted molar refractivity (Wildman–Crippen MR) is 98.4 cm³/mol. The fourth-order valence-corrected chi connectivity index (χ4v) is 3.70. The van der Waals surface area contributed by atoms with E-state index in [1.54, 1.807) is 12.1 Å². The first-order valence-corrected chi connectivity index (χ1v) is 9.45. The third kappa shape index (κ3) is 4.02. The molecule has 0 amide bonds. The molecule has 2 rings (SSSR count). The number of ketones is 1. The molecule has 0 radical (unpaired) electrons. The van der Waals surface area contributed by atoms with Crippen LogP contribution < -0.4 is 9.47 Å². The standard InChI is InChI=1S/C16H16BrClO5S/c1-8(16(20)21)5-10(19)13-6-9-12(24-13)7-11(22-2)15(14(9)18)23-4-3-17/h6-8H,3-5H2,1-2H3,(H,20,21)/t8-/m0/s1. The van der Waals surface area contributed by atoms with Crippen LogP contribution >= 0.6 is 38.9 Å². The quantitative estimate of drug-likeness (QED) is 0.483. The number of halogens is 2. The summed E-state index contributed by atoms with van der Waals surface area (Å²) >= 11 is 11.0. The van der Waals surface area contributed by atoms with Crippen molar-refractivity contribution in [2.75, 3.05) is 19.0 Å². The Morgan fingerprint density at radius 1 is 1.42 bits per heavy atom. The van der Waals surface area contributed by atoms with Gasteiger partial charge in [0.05, 0.1) is 29.5 Å². The molecule has 0 spiro atoms. The van der Waals surface area contributed by atoms with E-state index in [-0.39, 0.29) is 12.2 Å². The number of hydrogen-bond donors (Lipinski definition) is 1. The Hall–Kier alpha value is -1.31. The molecule has 2 aromatic rings. The predicted octanol–water partition coefficient (Wildman–Crippen LogP) is 4.63. The maximum atomic E-state index is 12.3. The molecule has 0 saturated heterocycles. The van der Waals surface area contributed by atoms with Crippen molar-refractivity contribution >= 4 is 60.7 Å². The summed E-state index contributed by atoms with van der Waals surface area (Å²) in [5, 5.41) is 10.7. The largest absolute Gasteiger partial charge is 0.493 e. The average molecular weight is 436 g/mol. The SMILES string of the molecule is COc1cc2sc(C(=O)C[C@H](C)C(=O)O)cc2c(Cl)c1OCCBr. The Kier molecular flexibility index (Phi) is 6.48. The van der Waals surface area contributed by atoms with E-state index < -0.39 is 11.9 Å². The highest BCUT2D eigenvalue weighted by Crippen LogP contribution is 2.44. The number of thiophene rings is 1. The third-order valence-corrected chi connectivity index (χ3v) is 5.24. The zero-order chi connectivity index (χ0) is 17.9. The lowest BCUT2D eigenvalue weighted by atomic mass is 10.0. The molecule has 24 heavy (non-hydrogen) atoms. The van der Waals surface area contributed by atoms with Crippen LogP contribution in [0.4, 0.5) is 0 Å². The summed E-state index contributed by atoms with van der Waals surface area (Å²) in [6.45, 7) is 1.93. The van der Waals surface area contributed by atoms with Gasteiger partial charge in [-0.2, -0.15) is 0 Å². The lowest BCUT2D eigenvalue weighted by molar-refractivity contribution is -0.141. The summed E-state index contributed by atoms with van der Waals surface area (Å²) in [4.78, 5) is 23.7. The van der Waals surface area contributed by atoms with Gasteiger partial charge in [-0.1, -0.05) is 34.5 Å². The number of carboxylic acid groups (broad SMARTS) is 1. The van der Waals surface area contributed by atoms with Gasteiger partial charge in [0.2, 0.25) is 0 Å². The Labute approximate surface area is 156 Å². The monoisotopic (exact) mass is 434 g/mol. The molecule has 8 heteroatoms. The number of alkyl halides is 1. The van der Waals surface area contributed by atoms with Gasteiger partial charge >= 0.3 is 5.97 Å². The van der Waals surface area contributed by atoms with E-state index in [4.69, 9.17) is 26.2 Å². The molecule has 1 aromatic carbocycles. The number of benzene rings is 1. The minimum atomic E-state index is -0.991. The number of ether oxygens (including phenoxy) is 2. The number of fused-ring (bicyclic) bond motifs is 1. The zero-order valence-corrected chi connectivity index (χ0v) is 16.3. The van der Waals surface area contributed by atoms with Crippen molar-refractivity contribution in [2.45, 2.75) is 13.3 Å². The summed E-state index contributed by atoms with van der Waals surface area (Å²) in [5.74, 6) is -1.01. The fourth-order valence-electron chi connectivity index (χ4n) is 2.13. The van der Waals surface area contributed by atoms with Gasteiger partial charge in [-0.25, -0.2) is 0 Å². The van der Waals surface area contributed by atoms with Gasteiger partial charge < -0.3 is 14.6 Å². The van der Waals surface area contributed by atoms with Gasteiger partial charge in [0.25, 0.3) is 0 Å². The number of methoxy groups -OCH3 is 1. The highest BCUT2D eigenvalue weighted by atomic mass is 79.9. The molecule has 0 aliphatic rings. The molecule has 0 fully saturated rings. The molecule has 1 atom stereocenters. The van der Waals surface area contributed by atoms with Crippen LogP contribution in [0.2, 0.25) is 5.02 Å². The molecule has 5 nitrogen and oxygen atoms in total. The second kappa shape index (κ2) is 8.18. The average Bonchev–Trinajstić information content (AvgIpc) is 2.98. The maximum absolute atomic E-state index is 12.3. The minimum Gasteiger partial charge on any atom is -0.493 e. The van der Waals surface area contributed by atoms with Gasteiger partial charge in [0, 0.05) is 27.9 Å². The number of aliphatic carboxylic acids is 1. The van der Waals surface area contributed by atoms with Gasteiger partial charge in [-0.3, -0.25) is 9.59 Å². The summed E-state index contributed by atoms with van der Waals surface area (Å²) in [6.07, 6.45) is -0.0517. The maximum Gasteiger partial charge on any atom is 0.306 e. The van der Waals surface area contributed by atoms with Crippen LogP contribution in [0.5, 0.6) is 11.5 Å². The minimum absolute atomic E-state index is 0.0517. The van der Waals surface area contributed by atoms with Crippen molar-refractivity contribution < 1.29 is 24.2 Å². The van der Waals surface area contributed by atoms with Crippen LogP contribution in [0.1, 0.15) is 23.0 Å². The lowest BCUT2D eigenvalue weighted by Gasteiger charge is -2.12. The first-order chi connectivity index (χ1) is 11.4. The molecule has 0 aliphatic heterocycles. The second-order valence-corrected chi connectivity index (χ2v) is 7.40. The Balaban J connectivity index is 2.41. The van der Waals surface area contributed by atoms with E-state index in [0.717, 1.165) is 4.70 Å². The van der Waals surface area contributed by atoms with Crippen LogP contribution in [-0.4, -0.2) is 35.9 Å². The normalized spacial score (nSPS) is 12.2. The van der Waals surface area contributed by atoms with Crippen molar-refractivity contribution in [2.24, 2.45) is 5.92 Å². The number of carbonyl (C=O) groups excluding carboxylic acids is 1. The fraction of sp³-hybridized carbons (Fsp3) is 0.375. The van der Waals surface area contributed by atoms with Gasteiger partial charge in [0.1, 0.15) is 0 Å². The van der Waals surface area contributed by atoms with Crippen LogP contribution in [0, 0.1) is 5.92 Å². The van der Waals surface area contributed by atoms with Gasteiger partial charge in [-0.15, -0.1) is 11.3 Å². The number of rotatable bonds is 8. The van der Waals surface area contributed by atoms with Gasteiger partial charge in [0.15, 0.2) is 17.3 Å². The zero-order valence-electron chi connectivity index (χ0n) is 13.1. The number of Topliss-reactive ketones (excluding diaryl/α,β-unsaturated/α-hetero) is 1. The van der Waals surface area contributed by atoms with E-state index in [9.17, 15) is 9.59 Å². The van der Waals surface area contributed by atoms with Crippen LogP contribution in [0.3, 0.4) is 0 Å². The van der Waals surface area contributed by atoms with Crippen molar-refractivity contribution in [1.29, 1.82) is 0 Å². The molecule has 1 heterocycles. The summed E-state index contributed by atoms with van der Waals surface area (Å²) in [7, 11) is 1.52. The van der Waals surface area contributed by atoms with Crippen molar-refractivity contribution in [3.63, 3.8) is 0 Å². The highest BCUT2D eigenvalue weighted by molar-refractivity contribution is 9.09. The second-order valence-electron chi connectivity index (χ2n) is 5.15. The summed E-state index contributed by atoms with van der Waals surface area (Å²) < 4.78 is 11.7. The molecule has 130 valence electrons. The molecular weight excluding hydrogens is 420 g/mol. The van der Waals surface area contributed by atoms with E-state index in [0.29, 0.717) is 38.7 Å². The van der Waals surface area contributed by atoms with Crippen LogP contribution in [0.15, 0.2) is 12.1 Å². The van der Waals surface area contributed by atoms with Crippen LogP contribution in [-0.2, 0) is 4.79 Å². The lowest BCUT2D eigenvalue weighted by Crippen LogP contribution is -2.13. The summed E-state index contributed by atoms with van der Waals surface area (Å²) in [5.41, 5.74) is 0. The number of carboxylic acids is 1. The molecule has 0 unspecified atom stereocenters. The molecule has 0 bridgehead atoms. The molecule has 1 N–H and O–H groups in total. The third-order valence-electron chi connectivity index (χ3n) is 3.41. The van der Waals surface area contributed by atoms with E-state index >= 15 is 0 Å².